The molecule has 1 aromatic carbocycles. The molecule has 1 heterocycles. The van der Waals surface area contributed by atoms with Gasteiger partial charge in [-0.3, -0.25) is 9.78 Å². The second-order valence-electron chi connectivity index (χ2n) is 5.99. The molecular formula is C15H18BrN5O3. The average Bonchev–Trinajstić information content (AvgIpc) is 2.50. The van der Waals surface area contributed by atoms with Crippen LogP contribution in [0.2, 0.25) is 0 Å². The van der Waals surface area contributed by atoms with Crippen molar-refractivity contribution in [1.29, 1.82) is 0 Å². The number of nitrogens with one attached hydrogen (secondary N) is 2. The van der Waals surface area contributed by atoms with E-state index >= 15 is 0 Å². The highest BCUT2D eigenvalue weighted by Crippen LogP contribution is 2.35. The van der Waals surface area contributed by atoms with Crippen LogP contribution in [-0.4, -0.2) is 33.6 Å². The molecule has 2 aromatic rings. The summed E-state index contributed by atoms with van der Waals surface area (Å²) in [5, 5.41) is 21.7. The minimum atomic E-state index is -0.395. The second kappa shape index (κ2) is 7.00. The number of methoxy groups -OCH3 is 1. The van der Waals surface area contributed by atoms with Crippen LogP contribution >= 0.6 is 15.9 Å². The first-order valence-electron chi connectivity index (χ1n) is 7.06. The molecule has 0 amide bonds. The minimum absolute atomic E-state index is 0.0239. The summed E-state index contributed by atoms with van der Waals surface area (Å²) in [6, 6.07) is 3.33. The van der Waals surface area contributed by atoms with Crippen LogP contribution in [-0.2, 0) is 5.41 Å². The van der Waals surface area contributed by atoms with Crippen molar-refractivity contribution < 1.29 is 9.84 Å². The van der Waals surface area contributed by atoms with Crippen LogP contribution < -0.4 is 15.7 Å². The second-order valence-corrected chi connectivity index (χ2v) is 6.78. The summed E-state index contributed by atoms with van der Waals surface area (Å²) in [6.07, 6.45) is 1.46. The van der Waals surface area contributed by atoms with E-state index in [1.165, 1.54) is 13.3 Å². The van der Waals surface area contributed by atoms with E-state index < -0.39 is 5.41 Å². The molecule has 0 bridgehead atoms. The van der Waals surface area contributed by atoms with Gasteiger partial charge in [0, 0.05) is 11.0 Å². The molecule has 24 heavy (non-hydrogen) atoms. The molecule has 0 spiro atoms. The number of rotatable bonds is 4. The maximum Gasteiger partial charge on any atom is 0.274 e. The third-order valence-electron chi connectivity index (χ3n) is 3.11. The number of anilines is 1. The predicted octanol–water partition coefficient (Wildman–Crippen LogP) is 2.39. The number of aromatic amines is 1. The average molecular weight is 396 g/mol. The SMILES string of the molecule is COc1ccc(/C=N/Nc2nnc(C(C)(C)C)c(=O)[nH]2)c(Br)c1O. The van der Waals surface area contributed by atoms with Crippen molar-refractivity contribution in [3.63, 3.8) is 0 Å². The fraction of sp³-hybridized carbons (Fsp3) is 0.333. The molecule has 0 saturated heterocycles. The topological polar surface area (TPSA) is 112 Å². The normalized spacial score (nSPS) is 11.7. The lowest BCUT2D eigenvalue weighted by atomic mass is 9.93. The number of hydrogen-bond donors (Lipinski definition) is 3. The Morgan fingerprint density at radius 3 is 2.67 bits per heavy atom. The molecule has 128 valence electrons. The number of nitrogens with zero attached hydrogens (tertiary/aromatic N) is 3. The first-order valence-corrected chi connectivity index (χ1v) is 7.85. The van der Waals surface area contributed by atoms with Gasteiger partial charge in [0.05, 0.1) is 17.8 Å². The maximum absolute atomic E-state index is 12.0. The number of H-pyrrole nitrogens is 1. The van der Waals surface area contributed by atoms with Crippen molar-refractivity contribution in [2.24, 2.45) is 5.10 Å². The van der Waals surface area contributed by atoms with E-state index in [0.29, 0.717) is 21.5 Å². The Morgan fingerprint density at radius 1 is 1.38 bits per heavy atom. The summed E-state index contributed by atoms with van der Waals surface area (Å²) in [5.74, 6) is 0.447. The third kappa shape index (κ3) is 3.91. The van der Waals surface area contributed by atoms with Crippen LogP contribution in [0.5, 0.6) is 11.5 Å². The summed E-state index contributed by atoms with van der Waals surface area (Å²) in [7, 11) is 1.47. The molecule has 0 fully saturated rings. The molecule has 0 atom stereocenters. The quantitative estimate of drug-likeness (QED) is 0.541. The molecule has 0 aliphatic rings. The summed E-state index contributed by atoms with van der Waals surface area (Å²) >= 11 is 3.27. The Bertz CT molecular complexity index is 827. The van der Waals surface area contributed by atoms with Crippen molar-refractivity contribution in [2.45, 2.75) is 26.2 Å². The van der Waals surface area contributed by atoms with Crippen LogP contribution in [0.4, 0.5) is 5.95 Å². The highest BCUT2D eigenvalue weighted by Gasteiger charge is 2.20. The Morgan fingerprint density at radius 2 is 2.08 bits per heavy atom. The Labute approximate surface area is 147 Å². The number of aromatic nitrogens is 3. The molecule has 0 saturated carbocycles. The lowest BCUT2D eigenvalue weighted by Crippen LogP contribution is -2.28. The summed E-state index contributed by atoms with van der Waals surface area (Å²) in [4.78, 5) is 14.6. The molecule has 9 heteroatoms. The van der Waals surface area contributed by atoms with Gasteiger partial charge >= 0.3 is 0 Å². The zero-order valence-corrected chi connectivity index (χ0v) is 15.3. The van der Waals surface area contributed by atoms with Crippen LogP contribution in [0.15, 0.2) is 26.5 Å². The van der Waals surface area contributed by atoms with E-state index in [-0.39, 0.29) is 17.3 Å². The van der Waals surface area contributed by atoms with Gasteiger partial charge in [-0.05, 0) is 28.1 Å². The lowest BCUT2D eigenvalue weighted by molar-refractivity contribution is 0.372. The summed E-state index contributed by atoms with van der Waals surface area (Å²) in [6.45, 7) is 5.64. The van der Waals surface area contributed by atoms with Crippen molar-refractivity contribution in [2.75, 3.05) is 12.5 Å². The van der Waals surface area contributed by atoms with Gasteiger partial charge in [-0.25, -0.2) is 5.43 Å². The highest BCUT2D eigenvalue weighted by molar-refractivity contribution is 9.10. The number of ether oxygens (including phenoxy) is 1. The molecule has 0 aliphatic carbocycles. The maximum atomic E-state index is 12.0. The van der Waals surface area contributed by atoms with Gasteiger partial charge in [0.15, 0.2) is 11.5 Å². The monoisotopic (exact) mass is 395 g/mol. The molecule has 3 N–H and O–H groups in total. The number of aromatic hydroxyl groups is 1. The summed E-state index contributed by atoms with van der Waals surface area (Å²) in [5.41, 5.74) is 2.84. The molecule has 8 nitrogen and oxygen atoms in total. The van der Waals surface area contributed by atoms with E-state index in [0.717, 1.165) is 0 Å². The first kappa shape index (κ1) is 17.9. The van der Waals surface area contributed by atoms with Crippen molar-refractivity contribution in [3.8, 4) is 11.5 Å². The van der Waals surface area contributed by atoms with Gasteiger partial charge in [0.2, 0.25) is 5.95 Å². The fourth-order valence-corrected chi connectivity index (χ4v) is 2.30. The number of benzene rings is 1. The van der Waals surface area contributed by atoms with Gasteiger partial charge < -0.3 is 9.84 Å². The van der Waals surface area contributed by atoms with E-state index in [1.54, 1.807) is 12.1 Å². The van der Waals surface area contributed by atoms with Gasteiger partial charge in [-0.2, -0.15) is 5.10 Å². The molecule has 2 rings (SSSR count). The highest BCUT2D eigenvalue weighted by atomic mass is 79.9. The number of phenols is 1. The Balaban J connectivity index is 2.17. The Kier molecular flexibility index (Phi) is 5.23. The summed E-state index contributed by atoms with van der Waals surface area (Å²) < 4.78 is 5.45. The van der Waals surface area contributed by atoms with Gasteiger partial charge in [-0.15, -0.1) is 10.2 Å². The predicted molar refractivity (Wildman–Crippen MR) is 94.9 cm³/mol. The van der Waals surface area contributed by atoms with Gasteiger partial charge in [-0.1, -0.05) is 20.8 Å². The smallest absolute Gasteiger partial charge is 0.274 e. The van der Waals surface area contributed by atoms with Crippen LogP contribution in [0, 0.1) is 0 Å². The zero-order chi connectivity index (χ0) is 17.9. The fourth-order valence-electron chi connectivity index (χ4n) is 1.87. The number of halogens is 1. The van der Waals surface area contributed by atoms with E-state index in [9.17, 15) is 9.90 Å². The van der Waals surface area contributed by atoms with Gasteiger partial charge in [0.1, 0.15) is 5.69 Å². The van der Waals surface area contributed by atoms with Crippen molar-refractivity contribution >= 4 is 28.1 Å². The first-order chi connectivity index (χ1) is 11.2. The number of phenolic OH excluding ortho intramolecular Hbond substituents is 1. The lowest BCUT2D eigenvalue weighted by Gasteiger charge is -2.15. The van der Waals surface area contributed by atoms with E-state index in [4.69, 9.17) is 4.74 Å². The molecule has 0 aliphatic heterocycles. The Hall–Kier alpha value is -2.42. The molecule has 1 aromatic heterocycles. The van der Waals surface area contributed by atoms with Crippen LogP contribution in [0.1, 0.15) is 32.0 Å². The molecule has 0 unspecified atom stereocenters. The standard InChI is InChI=1S/C15H18BrN5O3/c1-15(2,3)12-13(23)18-14(21-19-12)20-17-7-8-5-6-9(24-4)11(22)10(8)16/h5-7,22H,1-4H3,(H2,18,20,21,23)/b17-7+. The minimum Gasteiger partial charge on any atom is -0.503 e. The number of hydrazone groups is 1. The zero-order valence-electron chi connectivity index (χ0n) is 13.7. The third-order valence-corrected chi connectivity index (χ3v) is 3.94. The van der Waals surface area contributed by atoms with E-state index in [1.807, 2.05) is 20.8 Å². The van der Waals surface area contributed by atoms with Gasteiger partial charge in [0.25, 0.3) is 5.56 Å². The number of hydrogen-bond acceptors (Lipinski definition) is 7. The molecule has 0 radical (unpaired) electrons. The van der Waals surface area contributed by atoms with Crippen LogP contribution in [0.3, 0.4) is 0 Å². The molecular weight excluding hydrogens is 378 g/mol. The van der Waals surface area contributed by atoms with Crippen molar-refractivity contribution in [1.82, 2.24) is 15.2 Å². The van der Waals surface area contributed by atoms with Crippen LogP contribution in [0.25, 0.3) is 0 Å². The van der Waals surface area contributed by atoms with Crippen molar-refractivity contribution in [3.05, 3.63) is 38.2 Å². The van der Waals surface area contributed by atoms with E-state index in [2.05, 4.69) is 41.6 Å². The largest absolute Gasteiger partial charge is 0.503 e.